The van der Waals surface area contributed by atoms with Crippen molar-refractivity contribution >= 4 is 28.4 Å². The molecule has 0 aliphatic carbocycles. The van der Waals surface area contributed by atoms with Gasteiger partial charge in [0.05, 0.1) is 5.02 Å². The van der Waals surface area contributed by atoms with E-state index in [1.165, 1.54) is 5.56 Å². The number of hydrogen-bond donors (Lipinski definition) is 1. The minimum Gasteiger partial charge on any atom is -0.434 e. The highest BCUT2D eigenvalue weighted by molar-refractivity contribution is 6.35. The van der Waals surface area contributed by atoms with Gasteiger partial charge in [0.1, 0.15) is 5.52 Å². The minimum atomic E-state index is 0.490. The number of nitrogens with zero attached hydrogens (tertiary/aromatic N) is 1. The van der Waals surface area contributed by atoms with Crippen molar-refractivity contribution in [1.29, 1.82) is 0 Å². The summed E-state index contributed by atoms with van der Waals surface area (Å²) in [5, 5.41) is 0.490. The molecular weight excluding hydrogens is 260 g/mol. The Labute approximate surface area is 116 Å². The summed E-state index contributed by atoms with van der Waals surface area (Å²) in [5.74, 6) is 0.561. The second-order valence-corrected chi connectivity index (χ2v) is 5.04. The maximum atomic E-state index is 6.15. The van der Waals surface area contributed by atoms with Crippen LogP contribution in [0, 0.1) is 13.8 Å². The molecule has 0 atom stereocenters. The van der Waals surface area contributed by atoms with Crippen molar-refractivity contribution in [3.8, 4) is 11.5 Å². The van der Waals surface area contributed by atoms with E-state index in [1.807, 2.05) is 38.1 Å². The Morgan fingerprint density at radius 3 is 2.53 bits per heavy atom. The molecule has 19 heavy (non-hydrogen) atoms. The van der Waals surface area contributed by atoms with Gasteiger partial charge in [-0.05, 0) is 32.0 Å². The van der Waals surface area contributed by atoms with Crippen LogP contribution in [0.5, 0.6) is 0 Å². The molecule has 0 unspecified atom stereocenters. The van der Waals surface area contributed by atoms with Crippen molar-refractivity contribution in [3.05, 3.63) is 46.5 Å². The number of halogens is 1. The summed E-state index contributed by atoms with van der Waals surface area (Å²) in [4.78, 5) is 4.50. The molecule has 1 aromatic heterocycles. The lowest BCUT2D eigenvalue weighted by Crippen LogP contribution is -1.90. The topological polar surface area (TPSA) is 52.0 Å². The molecule has 4 heteroatoms. The molecule has 0 saturated carbocycles. The van der Waals surface area contributed by atoms with Crippen molar-refractivity contribution in [1.82, 2.24) is 4.98 Å². The third-order valence-electron chi connectivity index (χ3n) is 3.21. The Balaban J connectivity index is 2.24. The first kappa shape index (κ1) is 12.1. The third kappa shape index (κ3) is 1.96. The molecule has 0 fully saturated rings. The van der Waals surface area contributed by atoms with E-state index in [4.69, 9.17) is 21.8 Å². The molecule has 3 nitrogen and oxygen atoms in total. The predicted octanol–water partition coefficient (Wildman–Crippen LogP) is 4.35. The second kappa shape index (κ2) is 4.28. The summed E-state index contributed by atoms with van der Waals surface area (Å²) < 4.78 is 5.76. The van der Waals surface area contributed by atoms with E-state index in [0.29, 0.717) is 22.2 Å². The number of aromatic nitrogens is 1. The lowest BCUT2D eigenvalue weighted by Gasteiger charge is -2.00. The Morgan fingerprint density at radius 1 is 1.16 bits per heavy atom. The number of aryl methyl sites for hydroxylation is 2. The molecule has 0 bridgehead atoms. The van der Waals surface area contributed by atoms with Crippen LogP contribution in [0.4, 0.5) is 5.69 Å². The van der Waals surface area contributed by atoms with E-state index in [9.17, 15) is 0 Å². The van der Waals surface area contributed by atoms with Crippen LogP contribution >= 0.6 is 11.6 Å². The standard InChI is InChI=1S/C15H13ClN2O/c1-8-3-5-10(6-4-8)15-18-13-9(2)12(17)7-11(16)14(13)19-15/h3-7H,17H2,1-2H3. The molecule has 0 amide bonds. The summed E-state index contributed by atoms with van der Waals surface area (Å²) >= 11 is 6.15. The largest absolute Gasteiger partial charge is 0.434 e. The van der Waals surface area contributed by atoms with Crippen LogP contribution in [0.15, 0.2) is 34.7 Å². The van der Waals surface area contributed by atoms with Crippen LogP contribution in [-0.4, -0.2) is 4.98 Å². The van der Waals surface area contributed by atoms with Gasteiger partial charge in [-0.15, -0.1) is 0 Å². The van der Waals surface area contributed by atoms with Gasteiger partial charge in [-0.3, -0.25) is 0 Å². The van der Waals surface area contributed by atoms with Gasteiger partial charge in [0, 0.05) is 16.8 Å². The summed E-state index contributed by atoms with van der Waals surface area (Å²) in [6.45, 7) is 3.95. The fourth-order valence-electron chi connectivity index (χ4n) is 2.00. The fraction of sp³-hybridized carbons (Fsp3) is 0.133. The molecule has 2 aromatic carbocycles. The summed E-state index contributed by atoms with van der Waals surface area (Å²) in [6, 6.07) is 9.70. The molecule has 3 rings (SSSR count). The molecule has 2 N–H and O–H groups in total. The smallest absolute Gasteiger partial charge is 0.227 e. The van der Waals surface area contributed by atoms with Gasteiger partial charge >= 0.3 is 0 Å². The Kier molecular flexibility index (Phi) is 2.72. The van der Waals surface area contributed by atoms with Crippen LogP contribution < -0.4 is 5.73 Å². The summed E-state index contributed by atoms with van der Waals surface area (Å²) in [5.41, 5.74) is 10.8. The average Bonchev–Trinajstić information content (AvgIpc) is 2.83. The maximum Gasteiger partial charge on any atom is 0.227 e. The van der Waals surface area contributed by atoms with Gasteiger partial charge in [-0.25, -0.2) is 4.98 Å². The Morgan fingerprint density at radius 2 is 1.84 bits per heavy atom. The monoisotopic (exact) mass is 272 g/mol. The number of rotatable bonds is 1. The quantitative estimate of drug-likeness (QED) is 0.670. The third-order valence-corrected chi connectivity index (χ3v) is 3.49. The van der Waals surface area contributed by atoms with E-state index >= 15 is 0 Å². The number of benzene rings is 2. The predicted molar refractivity (Wildman–Crippen MR) is 78.3 cm³/mol. The van der Waals surface area contributed by atoms with Crippen LogP contribution in [-0.2, 0) is 0 Å². The van der Waals surface area contributed by atoms with E-state index in [0.717, 1.165) is 16.6 Å². The number of nitrogen functional groups attached to an aromatic ring is 1. The van der Waals surface area contributed by atoms with Gasteiger partial charge in [0.15, 0.2) is 5.58 Å². The molecule has 1 heterocycles. The highest BCUT2D eigenvalue weighted by Crippen LogP contribution is 2.34. The van der Waals surface area contributed by atoms with Crippen molar-refractivity contribution in [2.45, 2.75) is 13.8 Å². The first-order valence-corrected chi connectivity index (χ1v) is 6.36. The number of anilines is 1. The lowest BCUT2D eigenvalue weighted by atomic mass is 10.1. The first-order valence-electron chi connectivity index (χ1n) is 5.98. The normalized spacial score (nSPS) is 11.1. The van der Waals surface area contributed by atoms with Crippen LogP contribution in [0.1, 0.15) is 11.1 Å². The van der Waals surface area contributed by atoms with Gasteiger partial charge in [0.25, 0.3) is 0 Å². The Hall–Kier alpha value is -2.00. The van der Waals surface area contributed by atoms with Crippen LogP contribution in [0.3, 0.4) is 0 Å². The molecule has 0 aliphatic rings. The zero-order valence-electron chi connectivity index (χ0n) is 10.7. The Bertz CT molecular complexity index is 760. The van der Waals surface area contributed by atoms with E-state index in [2.05, 4.69) is 4.98 Å². The van der Waals surface area contributed by atoms with Crippen molar-refractivity contribution in [3.63, 3.8) is 0 Å². The van der Waals surface area contributed by atoms with Crippen LogP contribution in [0.2, 0.25) is 5.02 Å². The van der Waals surface area contributed by atoms with E-state index < -0.39 is 0 Å². The zero-order chi connectivity index (χ0) is 13.6. The van der Waals surface area contributed by atoms with Crippen molar-refractivity contribution in [2.75, 3.05) is 5.73 Å². The van der Waals surface area contributed by atoms with Crippen LogP contribution in [0.25, 0.3) is 22.6 Å². The zero-order valence-corrected chi connectivity index (χ0v) is 11.5. The SMILES string of the molecule is Cc1ccc(-c2nc3c(C)c(N)cc(Cl)c3o2)cc1. The molecule has 0 spiro atoms. The first-order chi connectivity index (χ1) is 9.06. The molecule has 3 aromatic rings. The van der Waals surface area contributed by atoms with E-state index in [-0.39, 0.29) is 0 Å². The van der Waals surface area contributed by atoms with Gasteiger partial charge in [0.2, 0.25) is 5.89 Å². The average molecular weight is 273 g/mol. The molecule has 0 saturated heterocycles. The highest BCUT2D eigenvalue weighted by Gasteiger charge is 2.14. The van der Waals surface area contributed by atoms with Gasteiger partial charge in [-0.2, -0.15) is 0 Å². The fourth-order valence-corrected chi connectivity index (χ4v) is 2.25. The maximum absolute atomic E-state index is 6.15. The summed E-state index contributed by atoms with van der Waals surface area (Å²) in [7, 11) is 0. The number of fused-ring (bicyclic) bond motifs is 1. The highest BCUT2D eigenvalue weighted by atomic mass is 35.5. The molecule has 0 aliphatic heterocycles. The van der Waals surface area contributed by atoms with Gasteiger partial charge in [-0.1, -0.05) is 29.3 Å². The molecular formula is C15H13ClN2O. The molecule has 0 radical (unpaired) electrons. The number of hydrogen-bond acceptors (Lipinski definition) is 3. The lowest BCUT2D eigenvalue weighted by molar-refractivity contribution is 0.620. The van der Waals surface area contributed by atoms with E-state index in [1.54, 1.807) is 6.07 Å². The van der Waals surface area contributed by atoms with Crippen molar-refractivity contribution in [2.24, 2.45) is 0 Å². The number of oxazole rings is 1. The molecule has 96 valence electrons. The van der Waals surface area contributed by atoms with Gasteiger partial charge < -0.3 is 10.2 Å². The summed E-state index contributed by atoms with van der Waals surface area (Å²) in [6.07, 6.45) is 0. The minimum absolute atomic E-state index is 0.490. The second-order valence-electron chi connectivity index (χ2n) is 4.64. The van der Waals surface area contributed by atoms with Crippen molar-refractivity contribution < 1.29 is 4.42 Å². The number of nitrogens with two attached hydrogens (primary N) is 1.